The van der Waals surface area contributed by atoms with Gasteiger partial charge >= 0.3 is 5.97 Å². The second-order valence-corrected chi connectivity index (χ2v) is 7.59. The van der Waals surface area contributed by atoms with Crippen molar-refractivity contribution in [2.24, 2.45) is 0 Å². The molecule has 0 unspecified atom stereocenters. The molecule has 186 valence electrons. The van der Waals surface area contributed by atoms with E-state index in [1.807, 2.05) is 0 Å². The molecule has 12 nitrogen and oxygen atoms in total. The molecule has 13 heteroatoms. The third-order valence-corrected chi connectivity index (χ3v) is 5.34. The molecule has 33 heavy (non-hydrogen) atoms. The number of hydrogen-bond donors (Lipinski definition) is 4. The number of rotatable bonds is 14. The Morgan fingerprint density at radius 2 is 2.06 bits per heavy atom. The van der Waals surface area contributed by atoms with E-state index in [1.165, 1.54) is 31.1 Å². The molecule has 0 saturated heterocycles. The fourth-order valence-electron chi connectivity index (χ4n) is 2.97. The summed E-state index contributed by atoms with van der Waals surface area (Å²) in [5.74, 6) is -0.331. The van der Waals surface area contributed by atoms with Crippen molar-refractivity contribution in [2.45, 2.75) is 43.8 Å². The van der Waals surface area contributed by atoms with Gasteiger partial charge in [0.15, 0.2) is 5.82 Å². The fourth-order valence-corrected chi connectivity index (χ4v) is 2.97. The lowest BCUT2D eigenvalue weighted by molar-refractivity contribution is -0.183. The van der Waals surface area contributed by atoms with E-state index >= 15 is 0 Å². The van der Waals surface area contributed by atoms with Crippen molar-refractivity contribution in [3.8, 4) is 0 Å². The standard InChI is InChI=1S/C20H32FN5O7/c1-12(30-3)7-33-19(29)13(2)24-11-32-9-20(8-21,31-4)17(28)16(27)14-5-6-15-18(22)23-10-25-26(14)15/h5-6,10,12-13,16-17,24,27-28H,7-9,11H2,1-4H3,(H2,22,23,25)/t12-,13-,16-,17-,20+/m0/s1. The quantitative estimate of drug-likeness (QED) is 0.160. The number of esters is 1. The van der Waals surface area contributed by atoms with Crippen LogP contribution < -0.4 is 11.1 Å². The fraction of sp³-hybridized carbons (Fsp3) is 0.650. The normalized spacial score (nSPS) is 17.3. The van der Waals surface area contributed by atoms with Crippen molar-refractivity contribution in [1.82, 2.24) is 19.9 Å². The smallest absolute Gasteiger partial charge is 0.323 e. The van der Waals surface area contributed by atoms with E-state index in [9.17, 15) is 19.4 Å². The SMILES string of the molecule is CO[C@@H](C)COC(=O)[C@H](C)NCOC[C@@](CF)(OC)[C@@H](O)[C@@H](O)c1ccc2c(N)ncnn12. The zero-order chi connectivity index (χ0) is 24.6. The van der Waals surface area contributed by atoms with Gasteiger partial charge in [-0.2, -0.15) is 5.10 Å². The van der Waals surface area contributed by atoms with E-state index in [4.69, 9.17) is 24.7 Å². The van der Waals surface area contributed by atoms with E-state index in [1.54, 1.807) is 19.9 Å². The summed E-state index contributed by atoms with van der Waals surface area (Å²) in [5, 5.41) is 28.3. The number of aliphatic hydroxyl groups is 2. The number of carbonyl (C=O) groups is 1. The second-order valence-electron chi connectivity index (χ2n) is 7.59. The first-order valence-corrected chi connectivity index (χ1v) is 10.3. The number of alkyl halides is 1. The van der Waals surface area contributed by atoms with Crippen LogP contribution in [-0.4, -0.2) is 95.5 Å². The summed E-state index contributed by atoms with van der Waals surface area (Å²) in [5.41, 5.74) is 4.48. The third-order valence-electron chi connectivity index (χ3n) is 5.34. The summed E-state index contributed by atoms with van der Waals surface area (Å²) in [6, 6.07) is 2.36. The average molecular weight is 474 g/mol. The van der Waals surface area contributed by atoms with E-state index in [0.717, 1.165) is 0 Å². The first-order chi connectivity index (χ1) is 15.7. The van der Waals surface area contributed by atoms with Crippen LogP contribution in [0.5, 0.6) is 0 Å². The molecule has 0 aliphatic heterocycles. The monoisotopic (exact) mass is 473 g/mol. The maximum Gasteiger partial charge on any atom is 0.323 e. The number of hydrogen-bond acceptors (Lipinski definition) is 11. The van der Waals surface area contributed by atoms with Crippen molar-refractivity contribution in [1.29, 1.82) is 0 Å². The van der Waals surface area contributed by atoms with Gasteiger partial charge in [0.2, 0.25) is 0 Å². The Morgan fingerprint density at radius 3 is 2.70 bits per heavy atom. The van der Waals surface area contributed by atoms with Crippen LogP contribution in [0, 0.1) is 0 Å². The Labute approximate surface area is 190 Å². The van der Waals surface area contributed by atoms with Gasteiger partial charge in [0.1, 0.15) is 49.0 Å². The van der Waals surface area contributed by atoms with Gasteiger partial charge in [-0.1, -0.05) is 0 Å². The molecule has 0 bridgehead atoms. The minimum atomic E-state index is -1.89. The number of fused-ring (bicyclic) bond motifs is 1. The Balaban J connectivity index is 1.98. The summed E-state index contributed by atoms with van der Waals surface area (Å²) in [6.45, 7) is 1.69. The molecule has 2 heterocycles. The predicted octanol–water partition coefficient (Wildman–Crippen LogP) is -0.409. The summed E-state index contributed by atoms with van der Waals surface area (Å²) < 4.78 is 36.1. The minimum Gasteiger partial charge on any atom is -0.462 e. The third kappa shape index (κ3) is 6.34. The van der Waals surface area contributed by atoms with Gasteiger partial charge in [-0.05, 0) is 26.0 Å². The number of nitrogens with one attached hydrogen (secondary N) is 1. The molecular formula is C20H32FN5O7. The number of aromatic nitrogens is 3. The van der Waals surface area contributed by atoms with Crippen LogP contribution >= 0.6 is 0 Å². The number of aliphatic hydroxyl groups excluding tert-OH is 2. The molecule has 5 N–H and O–H groups in total. The number of nitrogens with zero attached hydrogens (tertiary/aromatic N) is 3. The van der Waals surface area contributed by atoms with E-state index in [2.05, 4.69) is 15.4 Å². The zero-order valence-corrected chi connectivity index (χ0v) is 19.1. The maximum atomic E-state index is 14.0. The molecule has 5 atom stereocenters. The molecule has 0 aliphatic rings. The van der Waals surface area contributed by atoms with Crippen LogP contribution in [0.4, 0.5) is 10.2 Å². The summed E-state index contributed by atoms with van der Waals surface area (Å²) >= 11 is 0. The molecule has 2 aromatic rings. The van der Waals surface area contributed by atoms with Gasteiger partial charge < -0.3 is 34.9 Å². The van der Waals surface area contributed by atoms with Gasteiger partial charge in [-0.25, -0.2) is 13.9 Å². The van der Waals surface area contributed by atoms with Crippen LogP contribution in [-0.2, 0) is 23.7 Å². The molecule has 2 rings (SSSR count). The lowest BCUT2D eigenvalue weighted by Crippen LogP contribution is -2.53. The lowest BCUT2D eigenvalue weighted by Gasteiger charge is -2.36. The van der Waals surface area contributed by atoms with Gasteiger partial charge in [0.25, 0.3) is 0 Å². The van der Waals surface area contributed by atoms with Crippen LogP contribution in [0.25, 0.3) is 5.52 Å². The Kier molecular flexibility index (Phi) is 9.88. The molecule has 2 aromatic heterocycles. The van der Waals surface area contributed by atoms with Gasteiger partial charge in [0, 0.05) is 14.2 Å². The summed E-state index contributed by atoms with van der Waals surface area (Å²) in [7, 11) is 2.70. The van der Waals surface area contributed by atoms with Gasteiger partial charge in [-0.3, -0.25) is 10.1 Å². The number of nitrogen functional groups attached to an aromatic ring is 1. The van der Waals surface area contributed by atoms with Crippen LogP contribution in [0.15, 0.2) is 18.5 Å². The molecule has 0 saturated carbocycles. The molecule has 0 radical (unpaired) electrons. The first-order valence-electron chi connectivity index (χ1n) is 10.3. The molecular weight excluding hydrogens is 441 g/mol. The molecule has 0 aliphatic carbocycles. The lowest BCUT2D eigenvalue weighted by atomic mass is 9.92. The van der Waals surface area contributed by atoms with Crippen molar-refractivity contribution in [2.75, 3.05) is 46.6 Å². The number of anilines is 1. The highest BCUT2D eigenvalue weighted by molar-refractivity contribution is 5.75. The second kappa shape index (κ2) is 12.2. The number of carbonyl (C=O) groups excluding carboxylic acids is 1. The number of methoxy groups -OCH3 is 2. The average Bonchev–Trinajstić information content (AvgIpc) is 3.27. The molecule has 0 spiro atoms. The highest BCUT2D eigenvalue weighted by atomic mass is 19.1. The molecule has 0 fully saturated rings. The van der Waals surface area contributed by atoms with E-state index < -0.39 is 43.1 Å². The summed E-state index contributed by atoms with van der Waals surface area (Å²) in [4.78, 5) is 15.8. The largest absolute Gasteiger partial charge is 0.462 e. The zero-order valence-electron chi connectivity index (χ0n) is 19.1. The summed E-state index contributed by atoms with van der Waals surface area (Å²) in [6.07, 6.45) is -2.34. The number of ether oxygens (including phenoxy) is 4. The van der Waals surface area contributed by atoms with Gasteiger partial charge in [-0.15, -0.1) is 0 Å². The van der Waals surface area contributed by atoms with Crippen molar-refractivity contribution < 1.29 is 38.3 Å². The Morgan fingerprint density at radius 1 is 1.33 bits per heavy atom. The highest BCUT2D eigenvalue weighted by Gasteiger charge is 2.44. The molecule has 0 aromatic carbocycles. The Hall–Kier alpha value is -2.42. The van der Waals surface area contributed by atoms with Gasteiger partial charge in [0.05, 0.1) is 25.1 Å². The predicted molar refractivity (Wildman–Crippen MR) is 115 cm³/mol. The first kappa shape index (κ1) is 26.8. The van der Waals surface area contributed by atoms with Crippen LogP contribution in [0.2, 0.25) is 0 Å². The Bertz CT molecular complexity index is 895. The van der Waals surface area contributed by atoms with Crippen molar-refractivity contribution in [3.63, 3.8) is 0 Å². The van der Waals surface area contributed by atoms with Crippen molar-refractivity contribution >= 4 is 17.3 Å². The van der Waals surface area contributed by atoms with E-state index in [-0.39, 0.29) is 31.0 Å². The highest BCUT2D eigenvalue weighted by Crippen LogP contribution is 2.29. The maximum absolute atomic E-state index is 14.0. The topological polar surface area (TPSA) is 163 Å². The van der Waals surface area contributed by atoms with Crippen LogP contribution in [0.3, 0.4) is 0 Å². The number of halogens is 1. The molecule has 0 amide bonds. The minimum absolute atomic E-state index is 0.103. The number of nitrogens with two attached hydrogens (primary N) is 1. The van der Waals surface area contributed by atoms with E-state index in [0.29, 0.717) is 5.52 Å². The van der Waals surface area contributed by atoms with Crippen LogP contribution in [0.1, 0.15) is 25.6 Å². The van der Waals surface area contributed by atoms with Crippen molar-refractivity contribution in [3.05, 3.63) is 24.2 Å².